The van der Waals surface area contributed by atoms with Crippen molar-refractivity contribution in [2.24, 2.45) is 0 Å². The molecule has 0 N–H and O–H groups in total. The topological polar surface area (TPSA) is 0 Å². The minimum atomic E-state index is -0.373. The molecule has 0 saturated heterocycles. The van der Waals surface area contributed by atoms with Crippen LogP contribution >= 0.6 is 20.7 Å². The van der Waals surface area contributed by atoms with Gasteiger partial charge in [0.25, 0.3) is 0 Å². The molecule has 0 nitrogen and oxygen atoms in total. The van der Waals surface area contributed by atoms with Crippen molar-refractivity contribution in [3.63, 3.8) is 0 Å². The molecule has 0 aromatic rings. The average Bonchev–Trinajstić information content (AvgIpc) is 2.08. The fourth-order valence-electron chi connectivity index (χ4n) is 1.44. The predicted octanol–water partition coefficient (Wildman–Crippen LogP) is 2.81. The molecule has 2 atom stereocenters. The Bertz CT molecular complexity index is 103. The third-order valence-electron chi connectivity index (χ3n) is 2.26. The van der Waals surface area contributed by atoms with Crippen LogP contribution in [0.15, 0.2) is 0 Å². The number of rotatable bonds is 1. The minimum Gasteiger partial charge on any atom is -0.345 e. The summed E-state index contributed by atoms with van der Waals surface area (Å²) in [4.78, 5) is 0.0635. The largest absolute Gasteiger partial charge is 0.506 e. The van der Waals surface area contributed by atoms with Crippen LogP contribution in [0, 0.1) is 0 Å². The van der Waals surface area contributed by atoms with Crippen molar-refractivity contribution < 1.29 is 0 Å². The molecule has 1 rings (SSSR count). The predicted molar refractivity (Wildman–Crippen MR) is 43.5 cm³/mol. The molecule has 0 aliphatic heterocycles. The highest BCUT2D eigenvalue weighted by atomic mass is 35.5. The van der Waals surface area contributed by atoms with Gasteiger partial charge in [0.1, 0.15) is 0 Å². The molecule has 1 fully saturated rings. The number of hydrogen-bond acceptors (Lipinski definition) is 0. The molecule has 50 valence electrons. The van der Waals surface area contributed by atoms with Crippen LogP contribution in [0.3, 0.4) is 0 Å². The van der Waals surface area contributed by atoms with Crippen molar-refractivity contribution in [1.82, 2.24) is 0 Å². The van der Waals surface area contributed by atoms with Gasteiger partial charge in [0.05, 0.1) is 0 Å². The zero-order valence-corrected chi connectivity index (χ0v) is 8.59. The summed E-state index contributed by atoms with van der Waals surface area (Å²) in [5.41, 5.74) is 0. The van der Waals surface area contributed by atoms with E-state index in [1.807, 2.05) is 0 Å². The van der Waals surface area contributed by atoms with Crippen molar-refractivity contribution in [3.05, 3.63) is 0 Å². The lowest BCUT2D eigenvalue weighted by Gasteiger charge is -2.21. The SMILES string of the molecule is CC1(Cl)CCC[CH]1[Mg][Cl]. The van der Waals surface area contributed by atoms with Crippen molar-refractivity contribution in [1.29, 1.82) is 0 Å². The molecule has 1 aliphatic rings. The zero-order chi connectivity index (χ0) is 6.91. The quantitative estimate of drug-likeness (QED) is 0.427. The molecular weight excluding hydrogens is 167 g/mol. The van der Waals surface area contributed by atoms with Crippen molar-refractivity contribution in [3.8, 4) is 0 Å². The van der Waals surface area contributed by atoms with E-state index in [0.717, 1.165) is 0 Å². The fourth-order valence-corrected chi connectivity index (χ4v) is 4.60. The second kappa shape index (κ2) is 3.16. The van der Waals surface area contributed by atoms with Crippen LogP contribution in [0.2, 0.25) is 4.05 Å². The average molecular weight is 177 g/mol. The van der Waals surface area contributed by atoms with E-state index in [1.54, 1.807) is 0 Å². The monoisotopic (exact) mass is 176 g/mol. The summed E-state index contributed by atoms with van der Waals surface area (Å²) in [7, 11) is 5.85. The molecule has 0 bridgehead atoms. The standard InChI is InChI=1S/C6H10Cl.ClH.Mg/c1-6(7)4-2-3-5-6;;/h4H,2-3,5H2,1H3;1H;/q;;+1/p-1. The van der Waals surface area contributed by atoms with E-state index >= 15 is 0 Å². The second-order valence-corrected chi connectivity index (χ2v) is 6.10. The smallest absolute Gasteiger partial charge is 0.345 e. The highest BCUT2D eigenvalue weighted by Gasteiger charge is 2.36. The highest BCUT2D eigenvalue weighted by Crippen LogP contribution is 2.44. The summed E-state index contributed by atoms with van der Waals surface area (Å²) in [6.07, 6.45) is 3.72. The minimum absolute atomic E-state index is 0.0635. The molecule has 2 unspecified atom stereocenters. The van der Waals surface area contributed by atoms with Crippen LogP contribution in [-0.2, 0) is 0 Å². The van der Waals surface area contributed by atoms with Gasteiger partial charge in [-0.3, -0.25) is 0 Å². The van der Waals surface area contributed by atoms with Crippen LogP contribution in [0.5, 0.6) is 0 Å². The van der Waals surface area contributed by atoms with Gasteiger partial charge in [0.15, 0.2) is 0 Å². The fraction of sp³-hybridized carbons (Fsp3) is 1.00. The van der Waals surface area contributed by atoms with E-state index in [2.05, 4.69) is 6.92 Å². The first-order chi connectivity index (χ1) is 4.17. The maximum atomic E-state index is 6.18. The van der Waals surface area contributed by atoms with Gasteiger partial charge >= 0.3 is 19.3 Å². The Morgan fingerprint density at radius 1 is 1.67 bits per heavy atom. The van der Waals surface area contributed by atoms with Crippen LogP contribution < -0.4 is 0 Å². The second-order valence-electron chi connectivity index (χ2n) is 3.02. The van der Waals surface area contributed by atoms with E-state index < -0.39 is 0 Å². The lowest BCUT2D eigenvalue weighted by Crippen LogP contribution is -2.19. The summed E-state index contributed by atoms with van der Waals surface area (Å²) in [6, 6.07) is 0. The van der Waals surface area contributed by atoms with Crippen LogP contribution in [0.25, 0.3) is 0 Å². The number of halogens is 2. The van der Waals surface area contributed by atoms with Gasteiger partial charge in [0, 0.05) is 4.87 Å². The first-order valence-electron chi connectivity index (χ1n) is 3.41. The van der Waals surface area contributed by atoms with Crippen LogP contribution in [-0.4, -0.2) is 24.1 Å². The van der Waals surface area contributed by atoms with Crippen LogP contribution in [0.4, 0.5) is 0 Å². The Morgan fingerprint density at radius 2 is 2.33 bits per heavy atom. The molecule has 0 amide bonds. The maximum Gasteiger partial charge on any atom is 0.506 e. The van der Waals surface area contributed by atoms with Gasteiger partial charge < -0.3 is 9.07 Å². The summed E-state index contributed by atoms with van der Waals surface area (Å²) in [6.45, 7) is 2.13. The lowest BCUT2D eigenvalue weighted by atomic mass is 10.1. The summed E-state index contributed by atoms with van der Waals surface area (Å²) < 4.78 is 0.681. The summed E-state index contributed by atoms with van der Waals surface area (Å²) in [5, 5.41) is 0. The van der Waals surface area contributed by atoms with Gasteiger partial charge in [-0.15, -0.1) is 11.6 Å². The third-order valence-corrected chi connectivity index (χ3v) is 5.81. The van der Waals surface area contributed by atoms with Gasteiger partial charge in [-0.05, 0) is 13.3 Å². The number of alkyl halides is 1. The molecule has 0 heterocycles. The molecule has 9 heavy (non-hydrogen) atoms. The van der Waals surface area contributed by atoms with Crippen LogP contribution in [0.1, 0.15) is 26.2 Å². The molecule has 0 aromatic heterocycles. The first kappa shape index (κ1) is 8.44. The van der Waals surface area contributed by atoms with Crippen molar-refractivity contribution >= 4 is 39.9 Å². The Morgan fingerprint density at radius 3 is 2.56 bits per heavy atom. The summed E-state index contributed by atoms with van der Waals surface area (Å²) >= 11 is 5.81. The first-order valence-corrected chi connectivity index (χ1v) is 6.75. The van der Waals surface area contributed by atoms with Gasteiger partial charge in [0.2, 0.25) is 0 Å². The Kier molecular flexibility index (Phi) is 2.97. The van der Waals surface area contributed by atoms with Gasteiger partial charge in [-0.1, -0.05) is 16.9 Å². The van der Waals surface area contributed by atoms with Gasteiger partial charge in [-0.2, -0.15) is 0 Å². The van der Waals surface area contributed by atoms with Crippen molar-refractivity contribution in [2.45, 2.75) is 35.1 Å². The Hall–Kier alpha value is 1.35. The molecule has 0 aromatic carbocycles. The van der Waals surface area contributed by atoms with Crippen molar-refractivity contribution in [2.75, 3.05) is 0 Å². The van der Waals surface area contributed by atoms with E-state index in [1.165, 1.54) is 19.3 Å². The molecule has 1 aliphatic carbocycles. The Balaban J connectivity index is 2.52. The normalized spacial score (nSPS) is 42.8. The van der Waals surface area contributed by atoms with Gasteiger partial charge in [-0.25, -0.2) is 0 Å². The van der Waals surface area contributed by atoms with E-state index in [4.69, 9.17) is 20.7 Å². The molecule has 0 spiro atoms. The molecular formula is C6H10Cl2Mg. The van der Waals surface area contributed by atoms with E-state index in [-0.39, 0.29) is 24.1 Å². The Labute approximate surface area is 74.8 Å². The highest BCUT2D eigenvalue weighted by molar-refractivity contribution is 6.95. The molecule has 0 radical (unpaired) electrons. The molecule has 1 saturated carbocycles. The van der Waals surface area contributed by atoms with E-state index in [0.29, 0.717) is 4.05 Å². The lowest BCUT2D eigenvalue weighted by molar-refractivity contribution is 0.656. The molecule has 3 heteroatoms. The third kappa shape index (κ3) is 1.89. The van der Waals surface area contributed by atoms with E-state index in [9.17, 15) is 0 Å². The summed E-state index contributed by atoms with van der Waals surface area (Å²) in [5.74, 6) is 0. The maximum absolute atomic E-state index is 6.18. The number of hydrogen-bond donors (Lipinski definition) is 0. The zero-order valence-electron chi connectivity index (χ0n) is 5.66.